The Morgan fingerprint density at radius 1 is 1.32 bits per heavy atom. The molecule has 2 aromatic rings. The van der Waals surface area contributed by atoms with Crippen molar-refractivity contribution in [2.75, 3.05) is 0 Å². The van der Waals surface area contributed by atoms with Crippen molar-refractivity contribution >= 4 is 5.91 Å². The summed E-state index contributed by atoms with van der Waals surface area (Å²) >= 11 is 0. The SMILES string of the molecule is C=CC(=O)NC(c1ccc(C(C)(C)C)cc1)c1nccn1C. The zero-order valence-electron chi connectivity index (χ0n) is 13.6. The number of aromatic nitrogens is 2. The van der Waals surface area contributed by atoms with E-state index in [4.69, 9.17) is 0 Å². The fraction of sp³-hybridized carbons (Fsp3) is 0.333. The molecule has 1 aromatic heterocycles. The summed E-state index contributed by atoms with van der Waals surface area (Å²) in [6.07, 6.45) is 4.87. The Labute approximate surface area is 131 Å². The molecule has 1 amide bonds. The van der Waals surface area contributed by atoms with E-state index in [2.05, 4.69) is 49.8 Å². The van der Waals surface area contributed by atoms with E-state index in [1.165, 1.54) is 11.6 Å². The van der Waals surface area contributed by atoms with Crippen molar-refractivity contribution < 1.29 is 4.79 Å². The molecule has 0 radical (unpaired) electrons. The zero-order chi connectivity index (χ0) is 16.3. The summed E-state index contributed by atoms with van der Waals surface area (Å²) in [5, 5.41) is 2.94. The van der Waals surface area contributed by atoms with Crippen LogP contribution in [0.4, 0.5) is 0 Å². The summed E-state index contributed by atoms with van der Waals surface area (Å²) in [7, 11) is 1.92. The molecule has 1 atom stereocenters. The maximum absolute atomic E-state index is 11.8. The molecule has 0 spiro atoms. The fourth-order valence-corrected chi connectivity index (χ4v) is 2.33. The van der Waals surface area contributed by atoms with Crippen LogP contribution in [0, 0.1) is 0 Å². The molecular weight excluding hydrogens is 274 g/mol. The number of nitrogens with one attached hydrogen (secondary N) is 1. The van der Waals surface area contributed by atoms with Crippen LogP contribution in [0.2, 0.25) is 0 Å². The van der Waals surface area contributed by atoms with E-state index >= 15 is 0 Å². The molecule has 0 bridgehead atoms. The molecule has 1 aromatic carbocycles. The first kappa shape index (κ1) is 16.0. The van der Waals surface area contributed by atoms with Crippen molar-refractivity contribution in [3.63, 3.8) is 0 Å². The van der Waals surface area contributed by atoms with E-state index in [9.17, 15) is 4.79 Å². The standard InChI is InChI=1S/C18H23N3O/c1-6-15(22)20-16(17-19-11-12-21(17)5)13-7-9-14(10-8-13)18(2,3)4/h6-12,16H,1H2,2-5H3,(H,20,22). The molecule has 1 heterocycles. The smallest absolute Gasteiger partial charge is 0.244 e. The summed E-state index contributed by atoms with van der Waals surface area (Å²) in [6.45, 7) is 10.1. The Kier molecular flexibility index (Phi) is 4.50. The minimum Gasteiger partial charge on any atom is -0.339 e. The van der Waals surface area contributed by atoms with Gasteiger partial charge in [0.1, 0.15) is 11.9 Å². The number of benzene rings is 1. The number of nitrogens with zero attached hydrogens (tertiary/aromatic N) is 2. The van der Waals surface area contributed by atoms with Gasteiger partial charge in [-0.05, 0) is 22.6 Å². The average molecular weight is 297 g/mol. The number of aryl methyl sites for hydroxylation is 1. The van der Waals surface area contributed by atoms with Gasteiger partial charge in [0, 0.05) is 19.4 Å². The summed E-state index contributed by atoms with van der Waals surface area (Å²) in [5.74, 6) is 0.576. The Morgan fingerprint density at radius 2 is 1.95 bits per heavy atom. The summed E-state index contributed by atoms with van der Waals surface area (Å²) in [5.41, 5.74) is 2.35. The quantitative estimate of drug-likeness (QED) is 0.881. The molecule has 4 nitrogen and oxygen atoms in total. The lowest BCUT2D eigenvalue weighted by atomic mass is 9.86. The second-order valence-electron chi connectivity index (χ2n) is 6.41. The van der Waals surface area contributed by atoms with Crippen molar-refractivity contribution in [2.24, 2.45) is 7.05 Å². The van der Waals surface area contributed by atoms with Crippen LogP contribution in [0.1, 0.15) is 43.8 Å². The third kappa shape index (κ3) is 3.45. The highest BCUT2D eigenvalue weighted by molar-refractivity contribution is 5.87. The Hall–Kier alpha value is -2.36. The number of imidazole rings is 1. The predicted molar refractivity (Wildman–Crippen MR) is 88.5 cm³/mol. The number of carbonyl (C=O) groups excluding carboxylic acids is 1. The van der Waals surface area contributed by atoms with Crippen molar-refractivity contribution in [3.8, 4) is 0 Å². The van der Waals surface area contributed by atoms with E-state index in [0.29, 0.717) is 0 Å². The minimum atomic E-state index is -0.292. The van der Waals surface area contributed by atoms with Crippen LogP contribution >= 0.6 is 0 Å². The van der Waals surface area contributed by atoms with Crippen molar-refractivity contribution in [1.29, 1.82) is 0 Å². The Balaban J connectivity index is 2.39. The number of hydrogen-bond acceptors (Lipinski definition) is 2. The van der Waals surface area contributed by atoms with Gasteiger partial charge in [0.25, 0.3) is 0 Å². The highest BCUT2D eigenvalue weighted by Gasteiger charge is 2.21. The van der Waals surface area contributed by atoms with Crippen LogP contribution in [0.25, 0.3) is 0 Å². The Bertz CT molecular complexity index is 662. The highest BCUT2D eigenvalue weighted by Crippen LogP contribution is 2.26. The molecule has 2 rings (SSSR count). The second-order valence-corrected chi connectivity index (χ2v) is 6.41. The molecule has 0 saturated carbocycles. The van der Waals surface area contributed by atoms with Crippen LogP contribution in [0.5, 0.6) is 0 Å². The van der Waals surface area contributed by atoms with Gasteiger partial charge in [-0.25, -0.2) is 4.98 Å². The monoisotopic (exact) mass is 297 g/mol. The molecule has 116 valence electrons. The third-order valence-electron chi connectivity index (χ3n) is 3.70. The number of rotatable bonds is 4. The molecule has 0 aliphatic heterocycles. The van der Waals surface area contributed by atoms with Crippen LogP contribution in [-0.2, 0) is 17.3 Å². The van der Waals surface area contributed by atoms with E-state index in [1.54, 1.807) is 6.20 Å². The van der Waals surface area contributed by atoms with Crippen LogP contribution < -0.4 is 5.32 Å². The molecule has 0 aliphatic rings. The lowest BCUT2D eigenvalue weighted by Gasteiger charge is -2.22. The fourth-order valence-electron chi connectivity index (χ4n) is 2.33. The van der Waals surface area contributed by atoms with Gasteiger partial charge in [-0.15, -0.1) is 0 Å². The van der Waals surface area contributed by atoms with Gasteiger partial charge in [0.05, 0.1) is 0 Å². The molecule has 1 N–H and O–H groups in total. The maximum Gasteiger partial charge on any atom is 0.244 e. The molecule has 0 fully saturated rings. The van der Waals surface area contributed by atoms with Gasteiger partial charge in [-0.3, -0.25) is 4.79 Å². The Morgan fingerprint density at radius 3 is 2.41 bits per heavy atom. The van der Waals surface area contributed by atoms with Crippen molar-refractivity contribution in [3.05, 3.63) is 66.3 Å². The highest BCUT2D eigenvalue weighted by atomic mass is 16.1. The topological polar surface area (TPSA) is 46.9 Å². The first-order valence-electron chi connectivity index (χ1n) is 7.33. The third-order valence-corrected chi connectivity index (χ3v) is 3.70. The number of hydrogen-bond donors (Lipinski definition) is 1. The van der Waals surface area contributed by atoms with Gasteiger partial charge in [-0.2, -0.15) is 0 Å². The average Bonchev–Trinajstić information content (AvgIpc) is 2.89. The van der Waals surface area contributed by atoms with Crippen LogP contribution in [0.3, 0.4) is 0 Å². The van der Waals surface area contributed by atoms with Gasteiger partial charge in [0.2, 0.25) is 5.91 Å². The van der Waals surface area contributed by atoms with E-state index in [0.717, 1.165) is 11.4 Å². The lowest BCUT2D eigenvalue weighted by Crippen LogP contribution is -2.29. The van der Waals surface area contributed by atoms with Gasteiger partial charge >= 0.3 is 0 Å². The van der Waals surface area contributed by atoms with Gasteiger partial charge in [-0.1, -0.05) is 51.6 Å². The summed E-state index contributed by atoms with van der Waals surface area (Å²) in [4.78, 5) is 16.1. The van der Waals surface area contributed by atoms with Crippen LogP contribution in [0.15, 0.2) is 49.3 Å². The zero-order valence-corrected chi connectivity index (χ0v) is 13.6. The largest absolute Gasteiger partial charge is 0.339 e. The lowest BCUT2D eigenvalue weighted by molar-refractivity contribution is -0.117. The minimum absolute atomic E-state index is 0.0988. The number of amides is 1. The molecule has 22 heavy (non-hydrogen) atoms. The molecule has 0 aliphatic carbocycles. The van der Waals surface area contributed by atoms with Crippen molar-refractivity contribution in [2.45, 2.75) is 32.2 Å². The second kappa shape index (κ2) is 6.18. The molecule has 0 saturated heterocycles. The normalized spacial score (nSPS) is 12.7. The first-order chi connectivity index (χ1) is 10.3. The van der Waals surface area contributed by atoms with Crippen LogP contribution in [-0.4, -0.2) is 15.5 Å². The molecule has 1 unspecified atom stereocenters. The van der Waals surface area contributed by atoms with Gasteiger partial charge < -0.3 is 9.88 Å². The molecular formula is C18H23N3O. The van der Waals surface area contributed by atoms with E-state index in [-0.39, 0.29) is 17.4 Å². The van der Waals surface area contributed by atoms with Crippen molar-refractivity contribution in [1.82, 2.24) is 14.9 Å². The molecule has 4 heteroatoms. The maximum atomic E-state index is 11.8. The van der Waals surface area contributed by atoms with E-state index in [1.807, 2.05) is 29.9 Å². The summed E-state index contributed by atoms with van der Waals surface area (Å²) in [6, 6.07) is 8.00. The van der Waals surface area contributed by atoms with Gasteiger partial charge in [0.15, 0.2) is 0 Å². The number of carbonyl (C=O) groups is 1. The van der Waals surface area contributed by atoms with E-state index < -0.39 is 0 Å². The first-order valence-corrected chi connectivity index (χ1v) is 7.33. The predicted octanol–water partition coefficient (Wildman–Crippen LogP) is 3.11. The summed E-state index contributed by atoms with van der Waals surface area (Å²) < 4.78 is 1.91.